The van der Waals surface area contributed by atoms with E-state index in [9.17, 15) is 0 Å². The smallest absolute Gasteiger partial charge is 0.377 e. The van der Waals surface area contributed by atoms with E-state index in [0.717, 1.165) is 12.5 Å². The van der Waals surface area contributed by atoms with E-state index in [0.29, 0.717) is 12.7 Å². The highest BCUT2D eigenvalue weighted by Gasteiger charge is 2.58. The van der Waals surface area contributed by atoms with Crippen LogP contribution < -0.4 is 0 Å². The summed E-state index contributed by atoms with van der Waals surface area (Å²) in [5.74, 6) is 0. The normalized spacial score (nSPS) is 33.6. The Morgan fingerprint density at radius 2 is 2.06 bits per heavy atom. The molecule has 16 heavy (non-hydrogen) atoms. The number of epoxide rings is 1. The molecule has 1 saturated heterocycles. The summed E-state index contributed by atoms with van der Waals surface area (Å²) < 4.78 is 22.6. The Morgan fingerprint density at radius 3 is 2.62 bits per heavy atom. The zero-order valence-electron chi connectivity index (χ0n) is 10.5. The number of ether oxygens (including phenoxy) is 1. The molecule has 0 aromatic rings. The van der Waals surface area contributed by atoms with Crippen LogP contribution in [0.5, 0.6) is 0 Å². The third-order valence-electron chi connectivity index (χ3n) is 3.81. The van der Waals surface area contributed by atoms with Crippen LogP contribution in [0, 0.1) is 0 Å². The maximum absolute atomic E-state index is 5.93. The molecule has 0 bridgehead atoms. The average Bonchev–Trinajstić information content (AvgIpc) is 3.06. The second kappa shape index (κ2) is 4.74. The first kappa shape index (κ1) is 12.5. The molecular formula is C11H22O4Si. The van der Waals surface area contributed by atoms with Crippen LogP contribution in [-0.4, -0.2) is 41.3 Å². The Balaban J connectivity index is 1.86. The van der Waals surface area contributed by atoms with Gasteiger partial charge in [-0.15, -0.1) is 0 Å². The van der Waals surface area contributed by atoms with Gasteiger partial charge in [0.25, 0.3) is 0 Å². The van der Waals surface area contributed by atoms with Gasteiger partial charge in [-0.05, 0) is 12.8 Å². The van der Waals surface area contributed by atoms with E-state index < -0.39 is 8.80 Å². The first-order valence-corrected chi connectivity index (χ1v) is 8.05. The largest absolute Gasteiger partial charge is 0.500 e. The average molecular weight is 246 g/mol. The van der Waals surface area contributed by atoms with Crippen molar-refractivity contribution in [3.63, 3.8) is 0 Å². The van der Waals surface area contributed by atoms with Crippen molar-refractivity contribution < 1.29 is 18.0 Å². The summed E-state index contributed by atoms with van der Waals surface area (Å²) in [4.78, 5) is 0. The molecular weight excluding hydrogens is 224 g/mol. The minimum atomic E-state index is -2.40. The topological polar surface area (TPSA) is 40.2 Å². The molecule has 2 fully saturated rings. The summed E-state index contributed by atoms with van der Waals surface area (Å²) in [5, 5.41) is 0. The summed E-state index contributed by atoms with van der Waals surface area (Å²) in [6.07, 6.45) is 5.28. The molecule has 1 saturated carbocycles. The predicted octanol–water partition coefficient (Wildman–Crippen LogP) is 1.97. The fourth-order valence-corrected chi connectivity index (χ4v) is 4.22. The van der Waals surface area contributed by atoms with Gasteiger partial charge in [-0.3, -0.25) is 0 Å². The van der Waals surface area contributed by atoms with Gasteiger partial charge in [-0.25, -0.2) is 0 Å². The monoisotopic (exact) mass is 246 g/mol. The molecule has 5 heteroatoms. The molecule has 0 aromatic heterocycles. The van der Waals surface area contributed by atoms with Gasteiger partial charge in [0.1, 0.15) is 5.60 Å². The first-order valence-electron chi connectivity index (χ1n) is 6.12. The molecule has 1 heterocycles. The lowest BCUT2D eigenvalue weighted by molar-refractivity contribution is 0.0684. The lowest BCUT2D eigenvalue weighted by Crippen LogP contribution is -2.46. The Labute approximate surface area is 98.6 Å². The third-order valence-corrected chi connectivity index (χ3v) is 6.51. The SMILES string of the molecule is CC[Si](OC)(OC)OCC12CCCCC1O2. The third kappa shape index (κ3) is 2.19. The lowest BCUT2D eigenvalue weighted by Gasteiger charge is -2.27. The van der Waals surface area contributed by atoms with Crippen molar-refractivity contribution in [1.29, 1.82) is 0 Å². The van der Waals surface area contributed by atoms with E-state index in [1.807, 2.05) is 6.92 Å². The molecule has 94 valence electrons. The number of fused-ring (bicyclic) bond motifs is 1. The molecule has 0 radical (unpaired) electrons. The predicted molar refractivity (Wildman–Crippen MR) is 62.3 cm³/mol. The van der Waals surface area contributed by atoms with E-state index in [4.69, 9.17) is 18.0 Å². The number of hydrogen-bond donors (Lipinski definition) is 0. The Hall–Kier alpha value is 0.0569. The Kier molecular flexibility index (Phi) is 3.71. The van der Waals surface area contributed by atoms with Gasteiger partial charge in [0.15, 0.2) is 0 Å². The highest BCUT2D eigenvalue weighted by atomic mass is 28.4. The fourth-order valence-electron chi connectivity index (χ4n) is 2.57. The Bertz CT molecular complexity index is 236. The molecule has 2 aliphatic rings. The molecule has 2 atom stereocenters. The van der Waals surface area contributed by atoms with Crippen molar-refractivity contribution >= 4 is 8.80 Å². The summed E-state index contributed by atoms with van der Waals surface area (Å²) in [5.41, 5.74) is 0.00271. The van der Waals surface area contributed by atoms with E-state index in [2.05, 4.69) is 0 Å². The van der Waals surface area contributed by atoms with Crippen molar-refractivity contribution in [3.05, 3.63) is 0 Å². The standard InChI is InChI=1S/C11H22O4Si/c1-4-16(12-2,13-3)14-9-11-8-6-5-7-10(11)15-11/h10H,4-9H2,1-3H3. The maximum atomic E-state index is 5.93. The molecule has 1 aliphatic carbocycles. The van der Waals surface area contributed by atoms with Gasteiger partial charge in [-0.1, -0.05) is 19.8 Å². The molecule has 0 aromatic carbocycles. The van der Waals surface area contributed by atoms with E-state index in [1.165, 1.54) is 19.3 Å². The van der Waals surface area contributed by atoms with E-state index >= 15 is 0 Å². The summed E-state index contributed by atoms with van der Waals surface area (Å²) >= 11 is 0. The van der Waals surface area contributed by atoms with Crippen LogP contribution in [0.15, 0.2) is 0 Å². The summed E-state index contributed by atoms with van der Waals surface area (Å²) in [7, 11) is 0.938. The van der Waals surface area contributed by atoms with Crippen LogP contribution in [0.4, 0.5) is 0 Å². The van der Waals surface area contributed by atoms with Crippen molar-refractivity contribution in [2.75, 3.05) is 20.8 Å². The number of hydrogen-bond acceptors (Lipinski definition) is 4. The molecule has 1 aliphatic heterocycles. The molecule has 0 amide bonds. The summed E-state index contributed by atoms with van der Waals surface area (Å²) in [6, 6.07) is 0.806. The fraction of sp³-hybridized carbons (Fsp3) is 1.00. The van der Waals surface area contributed by atoms with Crippen molar-refractivity contribution in [2.24, 2.45) is 0 Å². The lowest BCUT2D eigenvalue weighted by atomic mass is 9.90. The zero-order valence-corrected chi connectivity index (χ0v) is 11.5. The van der Waals surface area contributed by atoms with Crippen LogP contribution in [0.1, 0.15) is 32.6 Å². The Morgan fingerprint density at radius 1 is 1.31 bits per heavy atom. The minimum absolute atomic E-state index is 0.00271. The van der Waals surface area contributed by atoms with Crippen molar-refractivity contribution in [3.8, 4) is 0 Å². The minimum Gasteiger partial charge on any atom is -0.377 e. The maximum Gasteiger partial charge on any atom is 0.500 e. The molecule has 2 unspecified atom stereocenters. The van der Waals surface area contributed by atoms with Gasteiger partial charge >= 0.3 is 8.80 Å². The summed E-state index contributed by atoms with van der Waals surface area (Å²) in [6.45, 7) is 2.68. The highest BCUT2D eigenvalue weighted by Crippen LogP contribution is 2.48. The van der Waals surface area contributed by atoms with Crippen molar-refractivity contribution in [2.45, 2.75) is 50.4 Å². The van der Waals surface area contributed by atoms with Gasteiger partial charge < -0.3 is 18.0 Å². The van der Waals surface area contributed by atoms with Crippen LogP contribution >= 0.6 is 0 Å². The zero-order chi connectivity index (χ0) is 11.6. The van der Waals surface area contributed by atoms with Gasteiger partial charge in [-0.2, -0.15) is 0 Å². The molecule has 0 spiro atoms. The second-order valence-corrected chi connectivity index (χ2v) is 7.83. The van der Waals surface area contributed by atoms with Crippen LogP contribution in [0.25, 0.3) is 0 Å². The van der Waals surface area contributed by atoms with Gasteiger partial charge in [0, 0.05) is 20.3 Å². The quantitative estimate of drug-likeness (QED) is 0.530. The van der Waals surface area contributed by atoms with E-state index in [1.54, 1.807) is 14.2 Å². The van der Waals surface area contributed by atoms with Gasteiger partial charge in [0.2, 0.25) is 0 Å². The van der Waals surface area contributed by atoms with Crippen molar-refractivity contribution in [1.82, 2.24) is 0 Å². The molecule has 2 rings (SSSR count). The number of rotatable bonds is 6. The van der Waals surface area contributed by atoms with Crippen LogP contribution in [0.3, 0.4) is 0 Å². The highest BCUT2D eigenvalue weighted by molar-refractivity contribution is 6.60. The molecule has 4 nitrogen and oxygen atoms in total. The molecule has 0 N–H and O–H groups in total. The van der Waals surface area contributed by atoms with Gasteiger partial charge in [0.05, 0.1) is 12.7 Å². The van der Waals surface area contributed by atoms with E-state index in [-0.39, 0.29) is 5.60 Å². The second-order valence-electron chi connectivity index (χ2n) is 4.65. The van der Waals surface area contributed by atoms with Crippen LogP contribution in [0.2, 0.25) is 6.04 Å². The van der Waals surface area contributed by atoms with Crippen LogP contribution in [-0.2, 0) is 18.0 Å². The first-order chi connectivity index (χ1) is 7.70.